The smallest absolute Gasteiger partial charge is 0.264 e. The molecular weight excluding hydrogens is 420 g/mol. The number of sulfonamides is 1. The molecule has 1 fully saturated rings. The van der Waals surface area contributed by atoms with Gasteiger partial charge < -0.3 is 4.74 Å². The highest BCUT2D eigenvalue weighted by atomic mass is 32.2. The molecule has 3 aromatic carbocycles. The van der Waals surface area contributed by atoms with E-state index < -0.39 is 10.0 Å². The Morgan fingerprint density at radius 3 is 2.12 bits per heavy atom. The molecule has 1 heterocycles. The number of benzene rings is 3. The monoisotopic (exact) mass is 450 g/mol. The van der Waals surface area contributed by atoms with Gasteiger partial charge in [-0.25, -0.2) is 8.42 Å². The molecule has 1 aliphatic rings. The van der Waals surface area contributed by atoms with E-state index in [1.807, 2.05) is 61.5 Å². The van der Waals surface area contributed by atoms with Crippen LogP contribution in [0.5, 0.6) is 5.75 Å². The van der Waals surface area contributed by atoms with Gasteiger partial charge in [-0.2, -0.15) is 0 Å². The van der Waals surface area contributed by atoms with Crippen LogP contribution in [0.25, 0.3) is 0 Å². The maximum Gasteiger partial charge on any atom is 0.264 e. The molecule has 32 heavy (non-hydrogen) atoms. The maximum atomic E-state index is 13.7. The second-order valence-electron chi connectivity index (χ2n) is 8.30. The fourth-order valence-electron chi connectivity index (χ4n) is 4.25. The molecule has 0 bridgehead atoms. The minimum atomic E-state index is -3.65. The predicted molar refractivity (Wildman–Crippen MR) is 129 cm³/mol. The van der Waals surface area contributed by atoms with E-state index in [0.29, 0.717) is 4.90 Å². The summed E-state index contributed by atoms with van der Waals surface area (Å²) in [5.41, 5.74) is 3.00. The van der Waals surface area contributed by atoms with Gasteiger partial charge in [0, 0.05) is 25.7 Å². The zero-order chi connectivity index (χ0) is 22.6. The lowest BCUT2D eigenvalue weighted by atomic mass is 10.0. The van der Waals surface area contributed by atoms with Crippen LogP contribution in [0.3, 0.4) is 0 Å². The van der Waals surface area contributed by atoms with Gasteiger partial charge in [0.05, 0.1) is 17.7 Å². The van der Waals surface area contributed by atoms with Crippen molar-refractivity contribution in [3.63, 3.8) is 0 Å². The highest BCUT2D eigenvalue weighted by molar-refractivity contribution is 7.92. The Balaban J connectivity index is 1.52. The molecule has 0 spiro atoms. The molecular formula is C26H30N2O3S. The Kier molecular flexibility index (Phi) is 6.82. The summed E-state index contributed by atoms with van der Waals surface area (Å²) in [5.74, 6) is 0.854. The third-order valence-electron chi connectivity index (χ3n) is 6.04. The quantitative estimate of drug-likeness (QED) is 0.516. The van der Waals surface area contributed by atoms with Crippen molar-refractivity contribution in [3.8, 4) is 5.75 Å². The average Bonchev–Trinajstić information content (AvgIpc) is 2.82. The lowest BCUT2D eigenvalue weighted by molar-refractivity contribution is 0.206. The van der Waals surface area contributed by atoms with Crippen molar-refractivity contribution in [1.29, 1.82) is 0 Å². The van der Waals surface area contributed by atoms with Gasteiger partial charge in [-0.3, -0.25) is 9.21 Å². The Morgan fingerprint density at radius 1 is 0.906 bits per heavy atom. The van der Waals surface area contributed by atoms with E-state index in [1.165, 1.54) is 5.56 Å². The van der Waals surface area contributed by atoms with Crippen molar-refractivity contribution in [2.45, 2.75) is 37.2 Å². The van der Waals surface area contributed by atoms with Gasteiger partial charge in [0.25, 0.3) is 10.0 Å². The summed E-state index contributed by atoms with van der Waals surface area (Å²) < 4.78 is 34.2. The first-order valence-electron chi connectivity index (χ1n) is 11.0. The van der Waals surface area contributed by atoms with Crippen LogP contribution >= 0.6 is 0 Å². The largest absolute Gasteiger partial charge is 0.497 e. The van der Waals surface area contributed by atoms with Crippen LogP contribution in [0.15, 0.2) is 83.8 Å². The predicted octanol–water partition coefficient (Wildman–Crippen LogP) is 4.86. The summed E-state index contributed by atoms with van der Waals surface area (Å²) in [5, 5.41) is 0. The van der Waals surface area contributed by atoms with E-state index in [-0.39, 0.29) is 6.04 Å². The standard InChI is InChI=1S/C26H30N2O3S/c1-21-8-14-26(15-9-21)32(29,30)28(23-6-4-3-5-7-23)24-16-18-27(19-17-24)20-22-10-12-25(31-2)13-11-22/h3-15,24H,16-20H2,1-2H3. The minimum Gasteiger partial charge on any atom is -0.497 e. The van der Waals surface area contributed by atoms with E-state index in [1.54, 1.807) is 23.5 Å². The molecule has 1 aliphatic heterocycles. The van der Waals surface area contributed by atoms with Crippen molar-refractivity contribution in [3.05, 3.63) is 90.0 Å². The van der Waals surface area contributed by atoms with Crippen molar-refractivity contribution in [1.82, 2.24) is 4.90 Å². The van der Waals surface area contributed by atoms with Crippen LogP contribution in [0.1, 0.15) is 24.0 Å². The summed E-state index contributed by atoms with van der Waals surface area (Å²) >= 11 is 0. The number of hydrogen-bond donors (Lipinski definition) is 0. The van der Waals surface area contributed by atoms with Crippen molar-refractivity contribution < 1.29 is 13.2 Å². The molecule has 0 radical (unpaired) electrons. The number of anilines is 1. The number of ether oxygens (including phenoxy) is 1. The number of piperidine rings is 1. The molecule has 0 atom stereocenters. The zero-order valence-electron chi connectivity index (χ0n) is 18.6. The zero-order valence-corrected chi connectivity index (χ0v) is 19.5. The highest BCUT2D eigenvalue weighted by Crippen LogP contribution is 2.31. The van der Waals surface area contributed by atoms with Gasteiger partial charge in [-0.15, -0.1) is 0 Å². The van der Waals surface area contributed by atoms with Gasteiger partial charge in [-0.05, 0) is 61.7 Å². The van der Waals surface area contributed by atoms with Crippen LogP contribution in [0.2, 0.25) is 0 Å². The molecule has 0 aliphatic carbocycles. The van der Waals surface area contributed by atoms with Crippen LogP contribution in [0, 0.1) is 6.92 Å². The Hall–Kier alpha value is -2.83. The summed E-state index contributed by atoms with van der Waals surface area (Å²) in [7, 11) is -1.98. The van der Waals surface area contributed by atoms with E-state index >= 15 is 0 Å². The first-order valence-corrected chi connectivity index (χ1v) is 12.4. The number of aryl methyl sites for hydroxylation is 1. The first-order chi connectivity index (χ1) is 15.5. The Bertz CT molecular complexity index is 1110. The molecule has 3 aromatic rings. The number of hydrogen-bond acceptors (Lipinski definition) is 4. The topological polar surface area (TPSA) is 49.9 Å². The van der Waals surface area contributed by atoms with Crippen molar-refractivity contribution in [2.24, 2.45) is 0 Å². The molecule has 0 amide bonds. The average molecular weight is 451 g/mol. The highest BCUT2D eigenvalue weighted by Gasteiger charge is 2.34. The van der Waals surface area contributed by atoms with Gasteiger partial charge in [-0.1, -0.05) is 48.0 Å². The number of rotatable bonds is 7. The third kappa shape index (κ3) is 4.97. The number of likely N-dealkylation sites (tertiary alicyclic amines) is 1. The lowest BCUT2D eigenvalue weighted by Gasteiger charge is -2.39. The first kappa shape index (κ1) is 22.4. The van der Waals surface area contributed by atoms with Gasteiger partial charge in [0.15, 0.2) is 0 Å². The molecule has 6 heteroatoms. The summed E-state index contributed by atoms with van der Waals surface area (Å²) in [6.07, 6.45) is 1.58. The van der Waals surface area contributed by atoms with Crippen LogP contribution in [0.4, 0.5) is 5.69 Å². The van der Waals surface area contributed by atoms with Crippen molar-refractivity contribution in [2.75, 3.05) is 24.5 Å². The molecule has 1 saturated heterocycles. The van der Waals surface area contributed by atoms with Crippen LogP contribution < -0.4 is 9.04 Å². The Morgan fingerprint density at radius 2 is 1.53 bits per heavy atom. The van der Waals surface area contributed by atoms with Gasteiger partial charge >= 0.3 is 0 Å². The molecule has 5 nitrogen and oxygen atoms in total. The fraction of sp³-hybridized carbons (Fsp3) is 0.308. The maximum absolute atomic E-state index is 13.7. The summed E-state index contributed by atoms with van der Waals surface area (Å²) in [6, 6.07) is 24.7. The van der Waals surface area contributed by atoms with Gasteiger partial charge in [0.2, 0.25) is 0 Å². The normalized spacial score (nSPS) is 15.4. The van der Waals surface area contributed by atoms with Gasteiger partial charge in [0.1, 0.15) is 5.75 Å². The van der Waals surface area contributed by atoms with Crippen LogP contribution in [-0.4, -0.2) is 39.6 Å². The van der Waals surface area contributed by atoms with Crippen molar-refractivity contribution >= 4 is 15.7 Å². The molecule has 0 unspecified atom stereocenters. The second-order valence-corrected chi connectivity index (χ2v) is 10.1. The second kappa shape index (κ2) is 9.76. The SMILES string of the molecule is COc1ccc(CN2CCC(N(c3ccccc3)S(=O)(=O)c3ccc(C)cc3)CC2)cc1. The summed E-state index contributed by atoms with van der Waals surface area (Å²) in [4.78, 5) is 2.73. The van der Waals surface area contributed by atoms with E-state index in [2.05, 4.69) is 17.0 Å². The lowest BCUT2D eigenvalue weighted by Crippen LogP contribution is -2.47. The van der Waals surface area contributed by atoms with E-state index in [0.717, 1.165) is 49.5 Å². The molecule has 0 aromatic heterocycles. The Labute approximate surface area is 191 Å². The molecule has 4 rings (SSSR count). The molecule has 168 valence electrons. The molecule has 0 N–H and O–H groups in total. The summed E-state index contributed by atoms with van der Waals surface area (Å²) in [6.45, 7) is 4.52. The number of methoxy groups -OCH3 is 1. The third-order valence-corrected chi connectivity index (χ3v) is 7.94. The van der Waals surface area contributed by atoms with E-state index in [4.69, 9.17) is 4.74 Å². The number of nitrogens with zero attached hydrogens (tertiary/aromatic N) is 2. The van der Waals surface area contributed by atoms with E-state index in [9.17, 15) is 8.42 Å². The fourth-order valence-corrected chi connectivity index (χ4v) is 5.96. The minimum absolute atomic E-state index is 0.0733. The number of para-hydroxylation sites is 1. The van der Waals surface area contributed by atoms with Crippen LogP contribution in [-0.2, 0) is 16.6 Å². The molecule has 0 saturated carbocycles.